The Bertz CT molecular complexity index is 574. The van der Waals surface area contributed by atoms with E-state index in [0.717, 1.165) is 15.1 Å². The van der Waals surface area contributed by atoms with Gasteiger partial charge in [0.15, 0.2) is 0 Å². The van der Waals surface area contributed by atoms with Crippen LogP contribution in [-0.4, -0.2) is 6.26 Å². The predicted molar refractivity (Wildman–Crippen MR) is 84.4 cm³/mol. The zero-order chi connectivity index (χ0) is 13.8. The lowest BCUT2D eigenvalue weighted by atomic mass is 10.1. The number of thioether (sulfide) groups is 1. The van der Waals surface area contributed by atoms with E-state index in [1.165, 1.54) is 6.07 Å². The van der Waals surface area contributed by atoms with Crippen LogP contribution in [0.2, 0.25) is 0 Å². The molecular formula is C15H15BrFNS. The summed E-state index contributed by atoms with van der Waals surface area (Å²) < 4.78 is 14.7. The Morgan fingerprint density at radius 1 is 1.21 bits per heavy atom. The molecule has 0 aliphatic heterocycles. The van der Waals surface area contributed by atoms with Crippen LogP contribution in [0.5, 0.6) is 0 Å². The number of hydrogen-bond donors (Lipinski definition) is 1. The van der Waals surface area contributed by atoms with Gasteiger partial charge < -0.3 is 5.32 Å². The summed E-state index contributed by atoms with van der Waals surface area (Å²) >= 11 is 4.95. The fourth-order valence-corrected chi connectivity index (χ4v) is 2.82. The van der Waals surface area contributed by atoms with Gasteiger partial charge in [-0.2, -0.15) is 0 Å². The van der Waals surface area contributed by atoms with Crippen molar-refractivity contribution >= 4 is 33.4 Å². The van der Waals surface area contributed by atoms with E-state index in [1.54, 1.807) is 17.8 Å². The van der Waals surface area contributed by atoms with Crippen molar-refractivity contribution in [2.24, 2.45) is 0 Å². The lowest BCUT2D eigenvalue weighted by Gasteiger charge is -2.18. The van der Waals surface area contributed by atoms with E-state index in [2.05, 4.69) is 27.3 Å². The maximum atomic E-state index is 13.9. The first-order chi connectivity index (χ1) is 9.11. The smallest absolute Gasteiger partial charge is 0.129 e. The number of para-hydroxylation sites is 1. The molecule has 0 amide bonds. The molecule has 1 atom stereocenters. The molecule has 0 aliphatic rings. The lowest BCUT2D eigenvalue weighted by Crippen LogP contribution is -2.09. The molecule has 2 rings (SSSR count). The third-order valence-corrected chi connectivity index (χ3v) is 4.20. The van der Waals surface area contributed by atoms with E-state index in [0.29, 0.717) is 5.56 Å². The molecule has 0 radical (unpaired) electrons. The van der Waals surface area contributed by atoms with Crippen molar-refractivity contribution in [3.05, 3.63) is 58.3 Å². The molecule has 1 N–H and O–H groups in total. The van der Waals surface area contributed by atoms with Crippen LogP contribution in [0.15, 0.2) is 51.8 Å². The molecule has 4 heteroatoms. The van der Waals surface area contributed by atoms with Crippen LogP contribution < -0.4 is 5.32 Å². The monoisotopic (exact) mass is 339 g/mol. The number of nitrogens with one attached hydrogen (secondary N) is 1. The summed E-state index contributed by atoms with van der Waals surface area (Å²) in [7, 11) is 0. The van der Waals surface area contributed by atoms with Crippen LogP contribution in [0, 0.1) is 5.82 Å². The number of hydrogen-bond acceptors (Lipinski definition) is 2. The van der Waals surface area contributed by atoms with Gasteiger partial charge in [-0.1, -0.05) is 34.1 Å². The van der Waals surface area contributed by atoms with E-state index < -0.39 is 0 Å². The highest BCUT2D eigenvalue weighted by Gasteiger charge is 2.12. The van der Waals surface area contributed by atoms with E-state index in [9.17, 15) is 4.39 Å². The first-order valence-corrected chi connectivity index (χ1v) is 7.98. The molecule has 0 spiro atoms. The number of anilines is 1. The Kier molecular flexibility index (Phi) is 4.88. The van der Waals surface area contributed by atoms with E-state index >= 15 is 0 Å². The Morgan fingerprint density at radius 3 is 2.63 bits per heavy atom. The quantitative estimate of drug-likeness (QED) is 0.740. The molecule has 0 fully saturated rings. The Balaban J connectivity index is 2.23. The second-order valence-corrected chi connectivity index (χ2v) is 6.00. The van der Waals surface area contributed by atoms with Gasteiger partial charge in [0.25, 0.3) is 0 Å². The first-order valence-electron chi connectivity index (χ1n) is 5.96. The van der Waals surface area contributed by atoms with E-state index in [-0.39, 0.29) is 11.9 Å². The normalized spacial score (nSPS) is 12.2. The SMILES string of the molecule is CSc1ccccc1NC(C)c1ccc(Br)cc1F. The van der Waals surface area contributed by atoms with Crippen molar-refractivity contribution in [1.82, 2.24) is 0 Å². The molecular weight excluding hydrogens is 325 g/mol. The zero-order valence-electron chi connectivity index (χ0n) is 10.8. The summed E-state index contributed by atoms with van der Waals surface area (Å²) in [6.07, 6.45) is 2.03. The molecule has 0 bridgehead atoms. The van der Waals surface area contributed by atoms with Crippen molar-refractivity contribution < 1.29 is 4.39 Å². The van der Waals surface area contributed by atoms with Crippen molar-refractivity contribution in [2.75, 3.05) is 11.6 Å². The lowest BCUT2D eigenvalue weighted by molar-refractivity contribution is 0.599. The van der Waals surface area contributed by atoms with Gasteiger partial charge in [-0.3, -0.25) is 0 Å². The fraction of sp³-hybridized carbons (Fsp3) is 0.200. The zero-order valence-corrected chi connectivity index (χ0v) is 13.2. The number of benzene rings is 2. The average Bonchev–Trinajstić information content (AvgIpc) is 2.39. The van der Waals surface area contributed by atoms with Gasteiger partial charge in [-0.25, -0.2) is 4.39 Å². The van der Waals surface area contributed by atoms with Crippen LogP contribution in [0.3, 0.4) is 0 Å². The Morgan fingerprint density at radius 2 is 1.95 bits per heavy atom. The minimum absolute atomic E-state index is 0.0820. The summed E-state index contributed by atoms with van der Waals surface area (Å²) in [5.74, 6) is -0.198. The maximum absolute atomic E-state index is 13.9. The molecule has 1 unspecified atom stereocenters. The van der Waals surface area contributed by atoms with Crippen LogP contribution in [0.1, 0.15) is 18.5 Å². The molecule has 0 aliphatic carbocycles. The second-order valence-electron chi connectivity index (χ2n) is 4.23. The van der Waals surface area contributed by atoms with Crippen LogP contribution in [0.25, 0.3) is 0 Å². The minimum atomic E-state index is -0.198. The maximum Gasteiger partial charge on any atom is 0.129 e. The summed E-state index contributed by atoms with van der Waals surface area (Å²) in [5.41, 5.74) is 1.70. The molecule has 100 valence electrons. The second kappa shape index (κ2) is 6.44. The summed E-state index contributed by atoms with van der Waals surface area (Å²) in [5, 5.41) is 3.36. The van der Waals surface area contributed by atoms with Crippen molar-refractivity contribution in [3.63, 3.8) is 0 Å². The third kappa shape index (κ3) is 3.51. The van der Waals surface area contributed by atoms with Gasteiger partial charge in [-0.15, -0.1) is 11.8 Å². The first kappa shape index (κ1) is 14.4. The number of halogens is 2. The van der Waals surface area contributed by atoms with Crippen molar-refractivity contribution in [3.8, 4) is 0 Å². The number of rotatable bonds is 4. The van der Waals surface area contributed by atoms with Gasteiger partial charge in [0.1, 0.15) is 5.82 Å². The van der Waals surface area contributed by atoms with Gasteiger partial charge >= 0.3 is 0 Å². The van der Waals surface area contributed by atoms with Crippen molar-refractivity contribution in [1.29, 1.82) is 0 Å². The summed E-state index contributed by atoms with van der Waals surface area (Å²) in [6.45, 7) is 1.96. The van der Waals surface area contributed by atoms with Gasteiger partial charge in [-0.05, 0) is 37.4 Å². The van der Waals surface area contributed by atoms with Crippen LogP contribution >= 0.6 is 27.7 Å². The van der Waals surface area contributed by atoms with E-state index in [1.807, 2.05) is 37.4 Å². The highest BCUT2D eigenvalue weighted by Crippen LogP contribution is 2.29. The Labute approximate surface area is 125 Å². The molecule has 19 heavy (non-hydrogen) atoms. The van der Waals surface area contributed by atoms with Gasteiger partial charge in [0.05, 0.1) is 6.04 Å². The van der Waals surface area contributed by atoms with E-state index in [4.69, 9.17) is 0 Å². The summed E-state index contributed by atoms with van der Waals surface area (Å²) in [4.78, 5) is 1.16. The Hall–Kier alpha value is -1.00. The largest absolute Gasteiger partial charge is 0.378 e. The molecule has 0 saturated carbocycles. The van der Waals surface area contributed by atoms with Gasteiger partial charge in [0.2, 0.25) is 0 Å². The highest BCUT2D eigenvalue weighted by atomic mass is 79.9. The fourth-order valence-electron chi connectivity index (χ4n) is 1.93. The van der Waals surface area contributed by atoms with Crippen LogP contribution in [-0.2, 0) is 0 Å². The van der Waals surface area contributed by atoms with Gasteiger partial charge in [0, 0.05) is 20.6 Å². The highest BCUT2D eigenvalue weighted by molar-refractivity contribution is 9.10. The topological polar surface area (TPSA) is 12.0 Å². The van der Waals surface area contributed by atoms with Crippen molar-refractivity contribution in [2.45, 2.75) is 17.9 Å². The molecule has 1 nitrogen and oxygen atoms in total. The molecule has 0 saturated heterocycles. The molecule has 2 aromatic rings. The average molecular weight is 340 g/mol. The molecule has 0 aromatic heterocycles. The predicted octanol–water partition coefficient (Wildman–Crippen LogP) is 5.48. The summed E-state index contributed by atoms with van der Waals surface area (Å²) in [6, 6.07) is 13.1. The molecule has 2 aromatic carbocycles. The third-order valence-electron chi connectivity index (χ3n) is 2.91. The molecule has 0 heterocycles. The van der Waals surface area contributed by atoms with Crippen LogP contribution in [0.4, 0.5) is 10.1 Å². The minimum Gasteiger partial charge on any atom is -0.378 e. The standard InChI is InChI=1S/C15H15BrFNS/c1-10(12-8-7-11(16)9-13(12)17)18-14-5-3-4-6-15(14)19-2/h3-10,18H,1-2H3.